The molecule has 0 saturated carbocycles. The number of rotatable bonds is 7. The molecule has 0 saturated heterocycles. The largest absolute Gasteiger partial charge is 0.310 e. The smallest absolute Gasteiger partial charge is 0.0645 e. The molecule has 10 aromatic rings. The van der Waals surface area contributed by atoms with Crippen LogP contribution in [0.2, 0.25) is 0 Å². The van der Waals surface area contributed by atoms with E-state index < -0.39 is 30.2 Å². The lowest BCUT2D eigenvalue weighted by atomic mass is 9.84. The van der Waals surface area contributed by atoms with Crippen molar-refractivity contribution >= 4 is 49.4 Å². The van der Waals surface area contributed by atoms with Crippen LogP contribution in [0, 0.1) is 0 Å². The Labute approximate surface area is 331 Å². The first-order valence-electron chi connectivity index (χ1n) is 21.9. The number of nitrogens with zero attached hydrogens (tertiary/aromatic N) is 1. The van der Waals surface area contributed by atoms with Crippen molar-refractivity contribution in [1.29, 1.82) is 0 Å². The molecule has 1 nitrogen and oxygen atoms in total. The number of fused-ring (bicyclic) bond motifs is 4. The molecular weight excluding hydrogens is 663 g/mol. The number of hydrogen-bond donors (Lipinski definition) is 0. The van der Waals surface area contributed by atoms with Crippen LogP contribution >= 0.6 is 0 Å². The zero-order valence-electron chi connectivity index (χ0n) is 36.8. The Balaban J connectivity index is 1.18. The van der Waals surface area contributed by atoms with E-state index in [9.17, 15) is 1.37 Å². The first kappa shape index (κ1) is 25.7. The molecule has 0 aliphatic heterocycles. The van der Waals surface area contributed by atoms with Crippen molar-refractivity contribution < 1.29 is 9.60 Å². The van der Waals surface area contributed by atoms with Gasteiger partial charge in [0.1, 0.15) is 0 Å². The minimum Gasteiger partial charge on any atom is -0.310 e. The summed E-state index contributed by atoms with van der Waals surface area (Å²) in [5.74, 6) is 0. The summed E-state index contributed by atoms with van der Waals surface area (Å²) in [6.45, 7) is 0. The van der Waals surface area contributed by atoms with Crippen LogP contribution in [0.4, 0.5) is 17.1 Å². The number of anilines is 3. The molecule has 0 amide bonds. The van der Waals surface area contributed by atoms with Gasteiger partial charge in [0.15, 0.2) is 0 Å². The molecule has 0 bridgehead atoms. The predicted molar refractivity (Wildman–Crippen MR) is 235 cm³/mol. The molecule has 0 aliphatic rings. The molecule has 0 heterocycles. The van der Waals surface area contributed by atoms with E-state index in [0.717, 1.165) is 49.7 Å². The quantitative estimate of drug-likeness (QED) is 0.149. The van der Waals surface area contributed by atoms with Gasteiger partial charge in [-0.15, -0.1) is 0 Å². The maximum absolute atomic E-state index is 9.29. The fourth-order valence-electron chi connectivity index (χ4n) is 7.79. The molecule has 0 fully saturated rings. The summed E-state index contributed by atoms with van der Waals surface area (Å²) < 4.78 is 61.8. The third kappa shape index (κ3) is 5.93. The maximum Gasteiger partial charge on any atom is 0.0645 e. The van der Waals surface area contributed by atoms with Crippen LogP contribution in [-0.2, 0) is 0 Å². The summed E-state index contributed by atoms with van der Waals surface area (Å²) in [5, 5.41) is 4.53. The standard InChI is InChI=1S/C54H37N/c1-4-15-38(16-5-1)39-27-32-45(33-28-39)55(52-26-14-22-41-17-10-11-23-47(41)52)46-34-29-40(30-35-46)44-31-36-49-48-24-12-13-25-50(48)53(42-18-6-2-7-19-42)54(51(49)37-44)43-20-8-3-9-21-43/h1-37H/i10D,11D,14D,17D,22D,23D,26D. The van der Waals surface area contributed by atoms with Crippen molar-refractivity contribution in [2.45, 2.75) is 0 Å². The maximum atomic E-state index is 9.29. The first-order valence-corrected chi connectivity index (χ1v) is 18.4. The van der Waals surface area contributed by atoms with Gasteiger partial charge in [-0.2, -0.15) is 0 Å². The summed E-state index contributed by atoms with van der Waals surface area (Å²) in [6.07, 6.45) is 0. The van der Waals surface area contributed by atoms with Crippen LogP contribution in [0.5, 0.6) is 0 Å². The fraction of sp³-hybridized carbons (Fsp3) is 0. The van der Waals surface area contributed by atoms with E-state index in [0.29, 0.717) is 11.4 Å². The SMILES string of the molecule is [2H]c1c([2H])c([2H])c2c(N(c3ccc(-c4ccccc4)cc3)c3ccc(-c4ccc5c(c4)c(-c4ccccc4)c(-c4ccccc4)c4ccccc45)cc3)c([2H])c([2H])c([2H])c2c1[2H]. The Morgan fingerprint density at radius 2 is 0.764 bits per heavy atom. The molecule has 0 aliphatic carbocycles. The summed E-state index contributed by atoms with van der Waals surface area (Å²) in [4.78, 5) is 1.77. The lowest BCUT2D eigenvalue weighted by molar-refractivity contribution is 1.30. The van der Waals surface area contributed by atoms with Crippen molar-refractivity contribution in [3.63, 3.8) is 0 Å². The molecule has 10 rings (SSSR count). The molecule has 55 heavy (non-hydrogen) atoms. The highest BCUT2D eigenvalue weighted by atomic mass is 15.1. The van der Waals surface area contributed by atoms with Gasteiger partial charge >= 0.3 is 0 Å². The minimum absolute atomic E-state index is 0.0163. The van der Waals surface area contributed by atoms with Crippen molar-refractivity contribution in [1.82, 2.24) is 0 Å². The molecule has 258 valence electrons. The number of benzene rings is 10. The van der Waals surface area contributed by atoms with Gasteiger partial charge in [0.05, 0.1) is 15.3 Å². The van der Waals surface area contributed by atoms with E-state index in [-0.39, 0.29) is 28.5 Å². The Hall–Kier alpha value is -7.22. The van der Waals surface area contributed by atoms with E-state index >= 15 is 0 Å². The van der Waals surface area contributed by atoms with Gasteiger partial charge < -0.3 is 4.90 Å². The highest BCUT2D eigenvalue weighted by molar-refractivity contribution is 6.22. The van der Waals surface area contributed by atoms with E-state index in [4.69, 9.17) is 8.22 Å². The molecule has 0 atom stereocenters. The van der Waals surface area contributed by atoms with Crippen molar-refractivity contribution in [2.75, 3.05) is 4.90 Å². The van der Waals surface area contributed by atoms with E-state index in [2.05, 4.69) is 91.0 Å². The normalized spacial score (nSPS) is 13.1. The molecule has 0 aromatic heterocycles. The van der Waals surface area contributed by atoms with Crippen LogP contribution in [0.3, 0.4) is 0 Å². The molecule has 0 radical (unpaired) electrons. The van der Waals surface area contributed by atoms with Crippen LogP contribution in [0.15, 0.2) is 224 Å². The van der Waals surface area contributed by atoms with Crippen LogP contribution in [0.25, 0.3) is 76.8 Å². The van der Waals surface area contributed by atoms with E-state index in [1.165, 1.54) is 16.3 Å². The lowest BCUT2D eigenvalue weighted by Gasteiger charge is -2.27. The topological polar surface area (TPSA) is 3.24 Å². The van der Waals surface area contributed by atoms with Gasteiger partial charge in [-0.25, -0.2) is 0 Å². The Morgan fingerprint density at radius 3 is 1.40 bits per heavy atom. The first-order chi connectivity index (χ1) is 30.2. The third-order valence-electron chi connectivity index (χ3n) is 10.4. The highest BCUT2D eigenvalue weighted by Gasteiger charge is 2.19. The van der Waals surface area contributed by atoms with Crippen molar-refractivity contribution in [2.24, 2.45) is 0 Å². The Morgan fingerprint density at radius 1 is 0.309 bits per heavy atom. The lowest BCUT2D eigenvalue weighted by Crippen LogP contribution is -2.10. The Bertz CT molecular complexity index is 3330. The van der Waals surface area contributed by atoms with Gasteiger partial charge in [-0.05, 0) is 108 Å². The summed E-state index contributed by atoms with van der Waals surface area (Å²) >= 11 is 0. The van der Waals surface area contributed by atoms with Gasteiger partial charge in [0.25, 0.3) is 0 Å². The average molecular weight is 707 g/mol. The molecule has 0 N–H and O–H groups in total. The zero-order chi connectivity index (χ0) is 42.6. The molecule has 1 heteroatoms. The van der Waals surface area contributed by atoms with Crippen LogP contribution < -0.4 is 4.90 Å². The second-order valence-corrected chi connectivity index (χ2v) is 13.6. The average Bonchev–Trinajstić information content (AvgIpc) is 3.33. The second-order valence-electron chi connectivity index (χ2n) is 13.6. The van der Waals surface area contributed by atoms with E-state index in [1.54, 1.807) is 4.90 Å². The summed E-state index contributed by atoms with van der Waals surface area (Å²) in [7, 11) is 0. The summed E-state index contributed by atoms with van der Waals surface area (Å²) in [5.41, 5.74) is 9.86. The van der Waals surface area contributed by atoms with Gasteiger partial charge in [-0.3, -0.25) is 0 Å². The summed E-state index contributed by atoms with van der Waals surface area (Å²) in [6, 6.07) is 59.0. The Kier molecular flexibility index (Phi) is 6.53. The van der Waals surface area contributed by atoms with E-state index in [1.807, 2.05) is 91.0 Å². The van der Waals surface area contributed by atoms with Crippen molar-refractivity contribution in [3.8, 4) is 44.5 Å². The van der Waals surface area contributed by atoms with Gasteiger partial charge in [-0.1, -0.05) is 188 Å². The molecular formula is C54H37N. The van der Waals surface area contributed by atoms with Crippen LogP contribution in [-0.4, -0.2) is 0 Å². The highest BCUT2D eigenvalue weighted by Crippen LogP contribution is 2.46. The molecule has 10 aromatic carbocycles. The zero-order valence-corrected chi connectivity index (χ0v) is 29.8. The fourth-order valence-corrected chi connectivity index (χ4v) is 7.79. The number of hydrogen-bond acceptors (Lipinski definition) is 1. The molecule has 0 spiro atoms. The van der Waals surface area contributed by atoms with Crippen molar-refractivity contribution in [3.05, 3.63) is 224 Å². The predicted octanol–water partition coefficient (Wildman–Crippen LogP) is 15.3. The van der Waals surface area contributed by atoms with Gasteiger partial charge in [0, 0.05) is 16.8 Å². The monoisotopic (exact) mass is 706 g/mol. The van der Waals surface area contributed by atoms with Gasteiger partial charge in [0.2, 0.25) is 0 Å². The second kappa shape index (κ2) is 14.0. The van der Waals surface area contributed by atoms with Crippen LogP contribution in [0.1, 0.15) is 9.60 Å². The minimum atomic E-state index is -0.489. The molecule has 0 unspecified atom stereocenters. The third-order valence-corrected chi connectivity index (χ3v) is 10.4.